The molecule has 20 heavy (non-hydrogen) atoms. The van der Waals surface area contributed by atoms with Crippen LogP contribution >= 0.6 is 0 Å². The molecule has 1 aliphatic carbocycles. The van der Waals surface area contributed by atoms with Gasteiger partial charge in [0.25, 0.3) is 0 Å². The largest absolute Gasteiger partial charge is 0.490 e. The van der Waals surface area contributed by atoms with E-state index in [-0.39, 0.29) is 0 Å². The second-order valence-corrected chi connectivity index (χ2v) is 5.95. The van der Waals surface area contributed by atoms with Gasteiger partial charge in [0.2, 0.25) is 0 Å². The molecule has 100 valence electrons. The molecule has 1 fully saturated rings. The topological polar surface area (TPSA) is 17.4 Å². The fourth-order valence-electron chi connectivity index (χ4n) is 2.52. The zero-order valence-electron chi connectivity index (χ0n) is 12.0. The van der Waals surface area contributed by atoms with Crippen LogP contribution in [0.4, 0.5) is 0 Å². The van der Waals surface area contributed by atoms with Crippen molar-refractivity contribution < 1.29 is 4.74 Å². The summed E-state index contributed by atoms with van der Waals surface area (Å²) >= 11 is 0. The number of likely N-dealkylation sites (N-methyl/N-ethyl adjacent to an activating group) is 1. The molecule has 0 amide bonds. The van der Waals surface area contributed by atoms with Crippen molar-refractivity contribution in [1.82, 2.24) is 9.47 Å². The first kappa shape index (κ1) is 13.6. The summed E-state index contributed by atoms with van der Waals surface area (Å²) in [5, 5.41) is 0.173. The van der Waals surface area contributed by atoms with Crippen molar-refractivity contribution in [1.29, 1.82) is 0 Å². The molecule has 0 spiro atoms. The first-order chi connectivity index (χ1) is 9.45. The zero-order valence-corrected chi connectivity index (χ0v) is 12.0. The van der Waals surface area contributed by atoms with Gasteiger partial charge in [-0.2, -0.15) is 0 Å². The number of fused-ring (bicyclic) bond motifs is 1. The summed E-state index contributed by atoms with van der Waals surface area (Å²) in [6.07, 6.45) is 4.67. The van der Waals surface area contributed by atoms with E-state index in [1.165, 1.54) is 0 Å². The van der Waals surface area contributed by atoms with Crippen LogP contribution in [0.25, 0.3) is 10.9 Å². The summed E-state index contributed by atoms with van der Waals surface area (Å²) in [6.45, 7) is 0.567. The van der Waals surface area contributed by atoms with Crippen LogP contribution in [0.3, 0.4) is 0 Å². The Kier molecular flexibility index (Phi) is 3.33. The van der Waals surface area contributed by atoms with Gasteiger partial charge in [0, 0.05) is 23.6 Å². The highest BCUT2D eigenvalue weighted by molar-refractivity contribution is 6.38. The van der Waals surface area contributed by atoms with E-state index in [1.807, 2.05) is 48.0 Å². The molecular formula is C15H18B2N2O. The number of aromatic nitrogens is 1. The van der Waals surface area contributed by atoms with E-state index in [0.29, 0.717) is 12.6 Å². The minimum absolute atomic E-state index is 0.409. The van der Waals surface area contributed by atoms with Crippen molar-refractivity contribution in [2.24, 2.45) is 0 Å². The maximum atomic E-state index is 6.25. The van der Waals surface area contributed by atoms with E-state index in [4.69, 9.17) is 20.4 Å². The SMILES string of the molecule is [B]C([B])(CN(C)C)n1ccc2cc(OC3CC3)ccc21. The lowest BCUT2D eigenvalue weighted by Crippen LogP contribution is -2.43. The molecule has 1 aromatic heterocycles. The third-order valence-corrected chi connectivity index (χ3v) is 3.51. The summed E-state index contributed by atoms with van der Waals surface area (Å²) in [5.74, 6) is 0.921. The maximum absolute atomic E-state index is 6.25. The predicted molar refractivity (Wildman–Crippen MR) is 83.6 cm³/mol. The molecule has 2 aromatic rings. The second-order valence-electron chi connectivity index (χ2n) is 5.95. The number of benzene rings is 1. The van der Waals surface area contributed by atoms with Crippen molar-refractivity contribution in [2.75, 3.05) is 20.6 Å². The number of hydrogen-bond acceptors (Lipinski definition) is 2. The molecule has 1 aliphatic rings. The van der Waals surface area contributed by atoms with Gasteiger partial charge in [-0.15, -0.1) is 0 Å². The van der Waals surface area contributed by atoms with Gasteiger partial charge in [0.1, 0.15) is 5.75 Å². The summed E-state index contributed by atoms with van der Waals surface area (Å²) in [7, 11) is 16.4. The van der Waals surface area contributed by atoms with Gasteiger partial charge < -0.3 is 14.2 Å². The molecule has 1 saturated carbocycles. The van der Waals surface area contributed by atoms with E-state index in [0.717, 1.165) is 29.5 Å². The van der Waals surface area contributed by atoms with Crippen LogP contribution < -0.4 is 4.74 Å². The highest BCUT2D eigenvalue weighted by atomic mass is 16.5. The first-order valence-electron chi connectivity index (χ1n) is 6.96. The van der Waals surface area contributed by atoms with Crippen LogP contribution in [0.5, 0.6) is 5.75 Å². The second kappa shape index (κ2) is 4.88. The van der Waals surface area contributed by atoms with Gasteiger partial charge in [-0.3, -0.25) is 0 Å². The highest BCUT2D eigenvalue weighted by Gasteiger charge is 2.24. The first-order valence-corrected chi connectivity index (χ1v) is 6.96. The monoisotopic (exact) mass is 264 g/mol. The molecule has 3 rings (SSSR count). The Labute approximate surface area is 122 Å². The Hall–Kier alpha value is -1.35. The third-order valence-electron chi connectivity index (χ3n) is 3.51. The molecule has 0 unspecified atom stereocenters. The molecule has 3 nitrogen and oxygen atoms in total. The van der Waals surface area contributed by atoms with Crippen molar-refractivity contribution in [3.63, 3.8) is 0 Å². The van der Waals surface area contributed by atoms with Gasteiger partial charge in [0.15, 0.2) is 0 Å². The molecule has 1 heterocycles. The summed E-state index contributed by atoms with van der Waals surface area (Å²) in [5.41, 5.74) is 1.03. The number of rotatable bonds is 5. The number of hydrogen-bond donors (Lipinski definition) is 0. The van der Waals surface area contributed by atoms with E-state index < -0.39 is 5.34 Å². The Morgan fingerprint density at radius 2 is 2.05 bits per heavy atom. The van der Waals surface area contributed by atoms with Crippen LogP contribution in [0.2, 0.25) is 0 Å². The van der Waals surface area contributed by atoms with E-state index in [1.54, 1.807) is 0 Å². The number of nitrogens with zero attached hydrogens (tertiary/aromatic N) is 2. The summed E-state index contributed by atoms with van der Waals surface area (Å²) in [6, 6.07) is 8.09. The molecule has 0 aliphatic heterocycles. The van der Waals surface area contributed by atoms with Crippen molar-refractivity contribution in [3.05, 3.63) is 30.5 Å². The van der Waals surface area contributed by atoms with E-state index >= 15 is 0 Å². The van der Waals surface area contributed by atoms with Crippen molar-refractivity contribution >= 4 is 26.6 Å². The Morgan fingerprint density at radius 3 is 2.70 bits per heavy atom. The average Bonchev–Trinajstić information content (AvgIpc) is 3.04. The standard InChI is InChI=1S/C15H18B2N2O/c1-18(2)10-15(16,17)19-8-7-11-9-13(5-6-14(11)19)20-12-3-4-12/h5-9,12H,3-4,10H2,1-2H3. The molecule has 0 N–H and O–H groups in total. The lowest BCUT2D eigenvalue weighted by atomic mass is 9.61. The Morgan fingerprint density at radius 1 is 1.30 bits per heavy atom. The Bertz CT molecular complexity index is 617. The van der Waals surface area contributed by atoms with Crippen LogP contribution in [0.15, 0.2) is 30.5 Å². The molecule has 0 atom stereocenters. The molecule has 5 heteroatoms. The number of ether oxygens (including phenoxy) is 1. The van der Waals surface area contributed by atoms with Crippen LogP contribution in [-0.4, -0.2) is 51.9 Å². The quantitative estimate of drug-likeness (QED) is 0.764. The van der Waals surface area contributed by atoms with Gasteiger partial charge in [-0.1, -0.05) is 0 Å². The minimum Gasteiger partial charge on any atom is -0.490 e. The van der Waals surface area contributed by atoms with Crippen molar-refractivity contribution in [2.45, 2.75) is 24.3 Å². The predicted octanol–water partition coefficient (Wildman–Crippen LogP) is 1.69. The molecule has 1 aromatic carbocycles. The maximum Gasteiger partial charge on any atom is 0.120 e. The molecular weight excluding hydrogens is 246 g/mol. The minimum atomic E-state index is -0.926. The van der Waals surface area contributed by atoms with E-state index in [2.05, 4.69) is 6.07 Å². The molecule has 4 radical (unpaired) electrons. The average molecular weight is 264 g/mol. The normalized spacial score (nSPS) is 15.9. The third kappa shape index (κ3) is 2.73. The zero-order chi connectivity index (χ0) is 14.3. The highest BCUT2D eigenvalue weighted by Crippen LogP contribution is 2.30. The fraction of sp³-hybridized carbons (Fsp3) is 0.467. The summed E-state index contributed by atoms with van der Waals surface area (Å²) in [4.78, 5) is 1.98. The van der Waals surface area contributed by atoms with Crippen LogP contribution in [0, 0.1) is 0 Å². The molecule has 0 saturated heterocycles. The summed E-state index contributed by atoms with van der Waals surface area (Å²) < 4.78 is 7.73. The lowest BCUT2D eigenvalue weighted by molar-refractivity contribution is 0.303. The van der Waals surface area contributed by atoms with E-state index in [9.17, 15) is 0 Å². The molecule has 0 bridgehead atoms. The van der Waals surface area contributed by atoms with Crippen molar-refractivity contribution in [3.8, 4) is 5.75 Å². The smallest absolute Gasteiger partial charge is 0.120 e. The Balaban J connectivity index is 1.92. The van der Waals surface area contributed by atoms with Gasteiger partial charge in [-0.25, -0.2) is 0 Å². The van der Waals surface area contributed by atoms with Gasteiger partial charge in [-0.05, 0) is 56.5 Å². The lowest BCUT2D eigenvalue weighted by Gasteiger charge is -2.32. The fourth-order valence-corrected chi connectivity index (χ4v) is 2.52. The van der Waals surface area contributed by atoms with Crippen LogP contribution in [0.1, 0.15) is 12.8 Å². The van der Waals surface area contributed by atoms with Gasteiger partial charge in [0.05, 0.1) is 21.8 Å². The van der Waals surface area contributed by atoms with Gasteiger partial charge >= 0.3 is 0 Å². The van der Waals surface area contributed by atoms with Crippen LogP contribution in [-0.2, 0) is 5.34 Å².